The third-order valence-corrected chi connectivity index (χ3v) is 2.74. The standard InChI is InChI=1S/C12H9F3N4O2/c1-5-9(14)12(16-2)18-11(17-5)8-6(13)3-4-7(10(8)15)19(20)21/h3-4H,1-2H3,(H,16,17,18). The highest BCUT2D eigenvalue weighted by atomic mass is 19.1. The zero-order chi connectivity index (χ0) is 15.7. The maximum absolute atomic E-state index is 14.1. The molecular formula is C12H9F3N4O2. The van der Waals surface area contributed by atoms with Gasteiger partial charge in [0, 0.05) is 13.1 Å². The molecule has 2 aromatic rings. The Kier molecular flexibility index (Phi) is 3.74. The molecule has 0 atom stereocenters. The third kappa shape index (κ3) is 2.49. The van der Waals surface area contributed by atoms with Crippen molar-refractivity contribution in [3.05, 3.63) is 45.4 Å². The van der Waals surface area contributed by atoms with E-state index in [1.165, 1.54) is 14.0 Å². The molecule has 1 aromatic carbocycles. The number of hydrogen-bond acceptors (Lipinski definition) is 5. The summed E-state index contributed by atoms with van der Waals surface area (Å²) in [4.78, 5) is 17.0. The lowest BCUT2D eigenvalue weighted by molar-refractivity contribution is -0.387. The second-order valence-corrected chi connectivity index (χ2v) is 4.06. The van der Waals surface area contributed by atoms with Crippen LogP contribution in [0.25, 0.3) is 11.4 Å². The van der Waals surface area contributed by atoms with Crippen molar-refractivity contribution in [2.24, 2.45) is 0 Å². The summed E-state index contributed by atoms with van der Waals surface area (Å²) in [5.41, 5.74) is -1.83. The molecule has 21 heavy (non-hydrogen) atoms. The van der Waals surface area contributed by atoms with Gasteiger partial charge in [-0.2, -0.15) is 4.39 Å². The van der Waals surface area contributed by atoms with E-state index in [0.29, 0.717) is 6.07 Å². The molecule has 0 saturated carbocycles. The lowest BCUT2D eigenvalue weighted by Gasteiger charge is -2.09. The van der Waals surface area contributed by atoms with Gasteiger partial charge in [-0.05, 0) is 13.0 Å². The van der Waals surface area contributed by atoms with E-state index in [0.717, 1.165) is 6.07 Å². The van der Waals surface area contributed by atoms with Gasteiger partial charge in [0.15, 0.2) is 17.5 Å². The third-order valence-electron chi connectivity index (χ3n) is 2.74. The van der Waals surface area contributed by atoms with Crippen LogP contribution >= 0.6 is 0 Å². The summed E-state index contributed by atoms with van der Waals surface area (Å²) in [6, 6.07) is 1.43. The first kappa shape index (κ1) is 14.7. The first-order valence-corrected chi connectivity index (χ1v) is 5.71. The van der Waals surface area contributed by atoms with Gasteiger partial charge in [0.25, 0.3) is 0 Å². The average molecular weight is 298 g/mol. The molecule has 0 fully saturated rings. The second kappa shape index (κ2) is 5.35. The molecule has 0 bridgehead atoms. The summed E-state index contributed by atoms with van der Waals surface area (Å²) in [5.74, 6) is -3.99. The van der Waals surface area contributed by atoms with E-state index in [1.54, 1.807) is 0 Å². The van der Waals surface area contributed by atoms with Gasteiger partial charge < -0.3 is 5.32 Å². The van der Waals surface area contributed by atoms with Gasteiger partial charge in [0.2, 0.25) is 5.82 Å². The fraction of sp³-hybridized carbons (Fsp3) is 0.167. The van der Waals surface area contributed by atoms with E-state index in [2.05, 4.69) is 15.3 Å². The van der Waals surface area contributed by atoms with Crippen molar-refractivity contribution in [1.82, 2.24) is 9.97 Å². The normalized spacial score (nSPS) is 10.5. The van der Waals surface area contributed by atoms with Crippen LogP contribution in [0.4, 0.5) is 24.7 Å². The molecule has 0 saturated heterocycles. The lowest BCUT2D eigenvalue weighted by atomic mass is 10.1. The molecule has 1 N–H and O–H groups in total. The predicted molar refractivity (Wildman–Crippen MR) is 68.3 cm³/mol. The van der Waals surface area contributed by atoms with E-state index < -0.39 is 39.5 Å². The van der Waals surface area contributed by atoms with E-state index >= 15 is 0 Å². The molecule has 1 heterocycles. The molecule has 0 aliphatic rings. The number of nitrogens with zero attached hydrogens (tertiary/aromatic N) is 3. The maximum Gasteiger partial charge on any atom is 0.305 e. The Hall–Kier alpha value is -2.71. The molecule has 1 aromatic heterocycles. The van der Waals surface area contributed by atoms with E-state index in [1.807, 2.05) is 0 Å². The Labute approximate surface area is 116 Å². The minimum absolute atomic E-state index is 0.144. The quantitative estimate of drug-likeness (QED) is 0.696. The summed E-state index contributed by atoms with van der Waals surface area (Å²) in [6.07, 6.45) is 0. The highest BCUT2D eigenvalue weighted by molar-refractivity contribution is 5.63. The Morgan fingerprint density at radius 1 is 1.19 bits per heavy atom. The topological polar surface area (TPSA) is 81.0 Å². The number of halogens is 3. The molecule has 0 amide bonds. The van der Waals surface area contributed by atoms with Crippen molar-refractivity contribution in [3.8, 4) is 11.4 Å². The summed E-state index contributed by atoms with van der Waals surface area (Å²) >= 11 is 0. The smallest absolute Gasteiger partial charge is 0.305 e. The van der Waals surface area contributed by atoms with E-state index in [4.69, 9.17) is 0 Å². The highest BCUT2D eigenvalue weighted by Crippen LogP contribution is 2.31. The highest BCUT2D eigenvalue weighted by Gasteiger charge is 2.25. The van der Waals surface area contributed by atoms with Gasteiger partial charge in [-0.15, -0.1) is 0 Å². The molecule has 0 unspecified atom stereocenters. The number of aromatic nitrogens is 2. The molecule has 0 aliphatic heterocycles. The zero-order valence-corrected chi connectivity index (χ0v) is 10.9. The van der Waals surface area contributed by atoms with Crippen LogP contribution in [0.3, 0.4) is 0 Å². The number of anilines is 1. The predicted octanol–water partition coefficient (Wildman–Crippen LogP) is 2.82. The molecule has 2 rings (SSSR count). The second-order valence-electron chi connectivity index (χ2n) is 4.06. The zero-order valence-electron chi connectivity index (χ0n) is 10.9. The average Bonchev–Trinajstić information content (AvgIpc) is 2.42. The summed E-state index contributed by atoms with van der Waals surface area (Å²) < 4.78 is 41.5. The van der Waals surface area contributed by atoms with E-state index in [9.17, 15) is 23.3 Å². The van der Waals surface area contributed by atoms with Crippen LogP contribution < -0.4 is 5.32 Å². The number of rotatable bonds is 3. The molecule has 6 nitrogen and oxygen atoms in total. The summed E-state index contributed by atoms with van der Waals surface area (Å²) in [7, 11) is 1.37. The molecule has 0 spiro atoms. The van der Waals surface area contributed by atoms with Crippen molar-refractivity contribution in [2.45, 2.75) is 6.92 Å². The number of nitro groups is 1. The van der Waals surface area contributed by atoms with Crippen molar-refractivity contribution in [2.75, 3.05) is 12.4 Å². The van der Waals surface area contributed by atoms with E-state index in [-0.39, 0.29) is 11.5 Å². The van der Waals surface area contributed by atoms with Crippen LogP contribution in [-0.4, -0.2) is 21.9 Å². The van der Waals surface area contributed by atoms with Gasteiger partial charge >= 0.3 is 5.69 Å². The van der Waals surface area contributed by atoms with Gasteiger partial charge in [-0.1, -0.05) is 0 Å². The Morgan fingerprint density at radius 2 is 1.86 bits per heavy atom. The van der Waals surface area contributed by atoms with Crippen molar-refractivity contribution < 1.29 is 18.1 Å². The molecule has 0 aliphatic carbocycles. The van der Waals surface area contributed by atoms with Gasteiger partial charge in [-0.3, -0.25) is 10.1 Å². The summed E-state index contributed by atoms with van der Waals surface area (Å²) in [6.45, 7) is 1.29. The van der Waals surface area contributed by atoms with Gasteiger partial charge in [0.05, 0.1) is 16.2 Å². The molecule has 110 valence electrons. The van der Waals surface area contributed by atoms with Crippen molar-refractivity contribution in [1.29, 1.82) is 0 Å². The first-order valence-electron chi connectivity index (χ1n) is 5.71. The molecule has 9 heteroatoms. The number of nitrogens with one attached hydrogen (secondary N) is 1. The fourth-order valence-corrected chi connectivity index (χ4v) is 1.72. The van der Waals surface area contributed by atoms with Gasteiger partial charge in [0.1, 0.15) is 5.82 Å². The molecular weight excluding hydrogens is 289 g/mol. The Bertz CT molecular complexity index is 737. The number of nitro benzene ring substituents is 1. The fourth-order valence-electron chi connectivity index (χ4n) is 1.72. The number of benzene rings is 1. The van der Waals surface area contributed by atoms with Crippen LogP contribution in [-0.2, 0) is 0 Å². The van der Waals surface area contributed by atoms with Crippen molar-refractivity contribution in [3.63, 3.8) is 0 Å². The minimum Gasteiger partial charge on any atom is -0.371 e. The monoisotopic (exact) mass is 298 g/mol. The van der Waals surface area contributed by atoms with Crippen LogP contribution in [0, 0.1) is 34.5 Å². The largest absolute Gasteiger partial charge is 0.371 e. The van der Waals surface area contributed by atoms with Crippen LogP contribution in [0.5, 0.6) is 0 Å². The van der Waals surface area contributed by atoms with Gasteiger partial charge in [-0.25, -0.2) is 18.7 Å². The van der Waals surface area contributed by atoms with Crippen molar-refractivity contribution >= 4 is 11.5 Å². The minimum atomic E-state index is -1.41. The lowest BCUT2D eigenvalue weighted by Crippen LogP contribution is -2.06. The maximum atomic E-state index is 14.1. The van der Waals surface area contributed by atoms with Crippen LogP contribution in [0.1, 0.15) is 5.69 Å². The summed E-state index contributed by atoms with van der Waals surface area (Å²) in [5, 5.41) is 13.1. The van der Waals surface area contributed by atoms with Crippen LogP contribution in [0.15, 0.2) is 12.1 Å². The first-order chi connectivity index (χ1) is 9.86. The Balaban J connectivity index is 2.75. The molecule has 0 radical (unpaired) electrons. The SMILES string of the molecule is CNc1nc(-c2c(F)ccc([N+](=O)[O-])c2F)nc(C)c1F. The number of aryl methyl sites for hydroxylation is 1. The number of hydrogen-bond donors (Lipinski definition) is 1. The Morgan fingerprint density at radius 3 is 2.43 bits per heavy atom. The van der Waals surface area contributed by atoms with Crippen LogP contribution in [0.2, 0.25) is 0 Å².